The standard InChI is InChI=1S/C14H17N3O4/c1-4-10(18)14(11(19)5-2,16-12(20)6-3)17(15)13(21)9-7-8-9/h4-6,9H,1-3,7-8,15H2,(H,16,20). The summed E-state index contributed by atoms with van der Waals surface area (Å²) in [5, 5.41) is 2.58. The highest BCUT2D eigenvalue weighted by atomic mass is 16.2. The van der Waals surface area contributed by atoms with E-state index in [0.29, 0.717) is 17.9 Å². The Morgan fingerprint density at radius 2 is 1.52 bits per heavy atom. The predicted octanol–water partition coefficient (Wildman–Crippen LogP) is -0.393. The van der Waals surface area contributed by atoms with Gasteiger partial charge >= 0.3 is 0 Å². The predicted molar refractivity (Wildman–Crippen MR) is 75.2 cm³/mol. The minimum atomic E-state index is -2.38. The topological polar surface area (TPSA) is 110 Å². The Bertz CT molecular complexity index is 514. The normalized spacial score (nSPS) is 13.8. The summed E-state index contributed by atoms with van der Waals surface area (Å²) < 4.78 is 0. The second-order valence-corrected chi connectivity index (χ2v) is 4.52. The van der Waals surface area contributed by atoms with Crippen LogP contribution in [0.1, 0.15) is 12.8 Å². The molecule has 0 unspecified atom stereocenters. The number of hydrogen-bond acceptors (Lipinski definition) is 5. The van der Waals surface area contributed by atoms with Crippen LogP contribution in [-0.2, 0) is 19.2 Å². The fraction of sp³-hybridized carbons (Fsp3) is 0.286. The summed E-state index contributed by atoms with van der Waals surface area (Å²) in [5.74, 6) is 2.03. The first-order valence-electron chi connectivity index (χ1n) is 6.22. The lowest BCUT2D eigenvalue weighted by Crippen LogP contribution is -2.73. The molecule has 1 aliphatic rings. The maximum absolute atomic E-state index is 12.2. The SMILES string of the molecule is C=CC(=O)NC(C(=O)C=C)(C(=O)C=C)N(N)C(=O)C1CC1. The van der Waals surface area contributed by atoms with Gasteiger partial charge in [0.1, 0.15) is 0 Å². The Labute approximate surface area is 122 Å². The highest BCUT2D eigenvalue weighted by molar-refractivity contribution is 6.22. The number of carbonyl (C=O) groups is 4. The van der Waals surface area contributed by atoms with E-state index in [1.165, 1.54) is 0 Å². The molecule has 0 aliphatic heterocycles. The van der Waals surface area contributed by atoms with Crippen LogP contribution in [0.5, 0.6) is 0 Å². The van der Waals surface area contributed by atoms with Crippen LogP contribution < -0.4 is 11.2 Å². The lowest BCUT2D eigenvalue weighted by molar-refractivity contribution is -0.156. The molecule has 0 aromatic carbocycles. The van der Waals surface area contributed by atoms with Gasteiger partial charge in [0, 0.05) is 5.92 Å². The molecular formula is C14H17N3O4. The van der Waals surface area contributed by atoms with E-state index in [1.807, 2.05) is 0 Å². The third kappa shape index (κ3) is 2.97. The summed E-state index contributed by atoms with van der Waals surface area (Å²) in [6.07, 6.45) is 3.71. The van der Waals surface area contributed by atoms with Gasteiger partial charge in [-0.1, -0.05) is 19.7 Å². The van der Waals surface area contributed by atoms with Gasteiger partial charge in [0.05, 0.1) is 0 Å². The van der Waals surface area contributed by atoms with Crippen LogP contribution >= 0.6 is 0 Å². The van der Waals surface area contributed by atoms with Gasteiger partial charge in [-0.05, 0) is 31.1 Å². The quantitative estimate of drug-likeness (QED) is 0.158. The summed E-state index contributed by atoms with van der Waals surface area (Å²) >= 11 is 0. The minimum Gasteiger partial charge on any atom is -0.315 e. The van der Waals surface area contributed by atoms with Crippen molar-refractivity contribution in [3.05, 3.63) is 38.0 Å². The van der Waals surface area contributed by atoms with Crippen LogP contribution in [0.15, 0.2) is 38.0 Å². The number of rotatable bonds is 8. The zero-order valence-electron chi connectivity index (χ0n) is 11.5. The Balaban J connectivity index is 3.36. The minimum absolute atomic E-state index is 0.356. The number of ketones is 2. The molecule has 0 radical (unpaired) electrons. The van der Waals surface area contributed by atoms with Gasteiger partial charge in [0.25, 0.3) is 5.66 Å². The molecule has 0 saturated heterocycles. The number of nitrogens with one attached hydrogen (secondary N) is 1. The number of hydrazine groups is 1. The van der Waals surface area contributed by atoms with Gasteiger partial charge in [-0.2, -0.15) is 0 Å². The molecule has 7 nitrogen and oxygen atoms in total. The van der Waals surface area contributed by atoms with E-state index >= 15 is 0 Å². The largest absolute Gasteiger partial charge is 0.315 e. The number of amides is 2. The Hall–Kier alpha value is -2.54. The van der Waals surface area contributed by atoms with Gasteiger partial charge < -0.3 is 5.32 Å². The zero-order chi connectivity index (χ0) is 16.2. The summed E-state index contributed by atoms with van der Waals surface area (Å²) in [7, 11) is 0. The molecule has 21 heavy (non-hydrogen) atoms. The van der Waals surface area contributed by atoms with Crippen molar-refractivity contribution in [3.63, 3.8) is 0 Å². The molecule has 1 saturated carbocycles. The van der Waals surface area contributed by atoms with Gasteiger partial charge in [-0.15, -0.1) is 0 Å². The number of carbonyl (C=O) groups excluding carboxylic acids is 4. The van der Waals surface area contributed by atoms with Crippen LogP contribution in [0, 0.1) is 5.92 Å². The van der Waals surface area contributed by atoms with Crippen molar-refractivity contribution >= 4 is 23.4 Å². The molecule has 112 valence electrons. The number of nitrogens with two attached hydrogens (primary N) is 1. The average molecular weight is 291 g/mol. The fourth-order valence-corrected chi connectivity index (χ4v) is 1.76. The maximum atomic E-state index is 12.2. The average Bonchev–Trinajstić information content (AvgIpc) is 3.33. The van der Waals surface area contributed by atoms with E-state index in [4.69, 9.17) is 5.84 Å². The van der Waals surface area contributed by atoms with Crippen LogP contribution in [0.2, 0.25) is 0 Å². The molecule has 0 bridgehead atoms. The third-order valence-electron chi connectivity index (χ3n) is 3.10. The first kappa shape index (κ1) is 16.5. The molecule has 0 spiro atoms. The Morgan fingerprint density at radius 3 is 1.86 bits per heavy atom. The molecule has 0 heterocycles. The van der Waals surface area contributed by atoms with Crippen molar-refractivity contribution in [1.82, 2.24) is 10.3 Å². The summed E-state index contributed by atoms with van der Waals surface area (Å²) in [4.78, 5) is 48.0. The molecule has 3 N–H and O–H groups in total. The second kappa shape index (κ2) is 6.27. The lowest BCUT2D eigenvalue weighted by Gasteiger charge is -2.37. The highest BCUT2D eigenvalue weighted by Crippen LogP contribution is 2.32. The molecule has 0 aromatic rings. The molecule has 0 atom stereocenters. The molecule has 2 amide bonds. The number of hydrogen-bond donors (Lipinski definition) is 2. The van der Waals surface area contributed by atoms with Gasteiger partial charge in [-0.25, -0.2) is 10.9 Å². The van der Waals surface area contributed by atoms with Crippen molar-refractivity contribution in [3.8, 4) is 0 Å². The molecule has 1 rings (SSSR count). The first-order chi connectivity index (χ1) is 9.84. The van der Waals surface area contributed by atoms with Crippen LogP contribution in [0.25, 0.3) is 0 Å². The molecule has 0 aromatic heterocycles. The molecule has 1 fully saturated rings. The lowest BCUT2D eigenvalue weighted by atomic mass is 9.96. The summed E-state index contributed by atoms with van der Waals surface area (Å²) in [5.41, 5.74) is -2.38. The van der Waals surface area contributed by atoms with Gasteiger partial charge in [0.15, 0.2) is 0 Å². The van der Waals surface area contributed by atoms with Crippen LogP contribution in [0.3, 0.4) is 0 Å². The molecule has 1 aliphatic carbocycles. The maximum Gasteiger partial charge on any atom is 0.257 e. The zero-order valence-corrected chi connectivity index (χ0v) is 11.5. The van der Waals surface area contributed by atoms with Crippen LogP contribution in [-0.4, -0.2) is 34.1 Å². The number of nitrogens with zero attached hydrogens (tertiary/aromatic N) is 1. The van der Waals surface area contributed by atoms with E-state index in [2.05, 4.69) is 25.1 Å². The smallest absolute Gasteiger partial charge is 0.257 e. The first-order valence-corrected chi connectivity index (χ1v) is 6.22. The van der Waals surface area contributed by atoms with Gasteiger partial charge in [0.2, 0.25) is 23.4 Å². The van der Waals surface area contributed by atoms with E-state index < -0.39 is 29.0 Å². The van der Waals surface area contributed by atoms with E-state index in [9.17, 15) is 19.2 Å². The monoisotopic (exact) mass is 291 g/mol. The van der Waals surface area contributed by atoms with Crippen molar-refractivity contribution in [2.75, 3.05) is 0 Å². The van der Waals surface area contributed by atoms with Crippen molar-refractivity contribution in [2.45, 2.75) is 18.5 Å². The van der Waals surface area contributed by atoms with E-state index in [0.717, 1.165) is 18.2 Å². The summed E-state index contributed by atoms with van der Waals surface area (Å²) in [6, 6.07) is 0. The molecule has 7 heteroatoms. The Kier molecular flexibility index (Phi) is 4.93. The second-order valence-electron chi connectivity index (χ2n) is 4.52. The highest BCUT2D eigenvalue weighted by Gasteiger charge is 2.52. The fourth-order valence-electron chi connectivity index (χ4n) is 1.76. The summed E-state index contributed by atoms with van der Waals surface area (Å²) in [6.45, 7) is 9.78. The Morgan fingerprint density at radius 1 is 1.05 bits per heavy atom. The van der Waals surface area contributed by atoms with Crippen molar-refractivity contribution in [1.29, 1.82) is 0 Å². The van der Waals surface area contributed by atoms with Crippen molar-refractivity contribution < 1.29 is 19.2 Å². The van der Waals surface area contributed by atoms with E-state index in [1.54, 1.807) is 0 Å². The third-order valence-corrected chi connectivity index (χ3v) is 3.10. The molecular weight excluding hydrogens is 274 g/mol. The van der Waals surface area contributed by atoms with Crippen LogP contribution in [0.4, 0.5) is 0 Å². The van der Waals surface area contributed by atoms with Gasteiger partial charge in [-0.3, -0.25) is 19.2 Å². The van der Waals surface area contributed by atoms with Crippen molar-refractivity contribution in [2.24, 2.45) is 11.8 Å². The van der Waals surface area contributed by atoms with E-state index in [-0.39, 0.29) is 5.92 Å².